The van der Waals surface area contributed by atoms with Crippen LogP contribution in [0.3, 0.4) is 0 Å². The fourth-order valence-electron chi connectivity index (χ4n) is 3.18. The number of hydrogen-bond donors (Lipinski definition) is 1. The van der Waals surface area contributed by atoms with Gasteiger partial charge in [-0.05, 0) is 74.2 Å². The molecule has 1 aliphatic rings. The summed E-state index contributed by atoms with van der Waals surface area (Å²) in [5, 5.41) is 2.78. The lowest BCUT2D eigenvalue weighted by Crippen LogP contribution is -2.19. The molecule has 3 rings (SSSR count). The zero-order valence-electron chi connectivity index (χ0n) is 15.5. The number of rotatable bonds is 6. The molecule has 0 bridgehead atoms. The quantitative estimate of drug-likeness (QED) is 0.795. The first-order chi connectivity index (χ1) is 13.0. The summed E-state index contributed by atoms with van der Waals surface area (Å²) in [6.07, 6.45) is 6.16. The predicted octanol–water partition coefficient (Wildman–Crippen LogP) is 4.44. The molecule has 0 aliphatic heterocycles. The van der Waals surface area contributed by atoms with Crippen LogP contribution in [-0.4, -0.2) is 26.2 Å². The van der Waals surface area contributed by atoms with Gasteiger partial charge >= 0.3 is 0 Å². The van der Waals surface area contributed by atoms with Gasteiger partial charge in [-0.2, -0.15) is 0 Å². The Kier molecular flexibility index (Phi) is 6.16. The van der Waals surface area contributed by atoms with E-state index in [0.29, 0.717) is 11.3 Å². The van der Waals surface area contributed by atoms with Crippen LogP contribution >= 0.6 is 0 Å². The van der Waals surface area contributed by atoms with Gasteiger partial charge in [-0.15, -0.1) is 0 Å². The SMILES string of the molecule is CCS(=O)(=O)c1ccc(NC(=O)c2ccc(OC3CCCCC3)cc2)cc1. The topological polar surface area (TPSA) is 72.5 Å². The Bertz CT molecular complexity index is 867. The van der Waals surface area contributed by atoms with Crippen molar-refractivity contribution in [1.82, 2.24) is 0 Å². The first kappa shape index (κ1) is 19.4. The third-order valence-corrected chi connectivity index (χ3v) is 6.57. The van der Waals surface area contributed by atoms with Crippen LogP contribution < -0.4 is 10.1 Å². The molecule has 0 saturated heterocycles. The van der Waals surface area contributed by atoms with E-state index in [4.69, 9.17) is 4.74 Å². The van der Waals surface area contributed by atoms with Crippen LogP contribution in [0.15, 0.2) is 53.4 Å². The Morgan fingerprint density at radius 1 is 1.00 bits per heavy atom. The van der Waals surface area contributed by atoms with Crippen LogP contribution in [-0.2, 0) is 9.84 Å². The fourth-order valence-corrected chi connectivity index (χ4v) is 4.06. The highest BCUT2D eigenvalue weighted by Gasteiger charge is 2.15. The maximum atomic E-state index is 12.4. The number of nitrogens with one attached hydrogen (secondary N) is 1. The second kappa shape index (κ2) is 8.57. The van der Waals surface area contributed by atoms with Crippen molar-refractivity contribution in [2.45, 2.75) is 50.0 Å². The van der Waals surface area contributed by atoms with Crippen LogP contribution in [0, 0.1) is 0 Å². The Morgan fingerprint density at radius 2 is 1.63 bits per heavy atom. The molecule has 1 N–H and O–H groups in total. The minimum absolute atomic E-state index is 0.0496. The first-order valence-corrected chi connectivity index (χ1v) is 11.0. The Hall–Kier alpha value is -2.34. The van der Waals surface area contributed by atoms with Crippen molar-refractivity contribution in [2.24, 2.45) is 0 Å². The lowest BCUT2D eigenvalue weighted by Gasteiger charge is -2.23. The summed E-state index contributed by atoms with van der Waals surface area (Å²) in [4.78, 5) is 12.6. The van der Waals surface area contributed by atoms with E-state index in [-0.39, 0.29) is 22.7 Å². The van der Waals surface area contributed by atoms with E-state index >= 15 is 0 Å². The molecule has 0 spiro atoms. The lowest BCUT2D eigenvalue weighted by molar-refractivity contribution is 0.102. The maximum Gasteiger partial charge on any atom is 0.255 e. The van der Waals surface area contributed by atoms with Crippen molar-refractivity contribution in [3.63, 3.8) is 0 Å². The van der Waals surface area contributed by atoms with Gasteiger partial charge in [-0.25, -0.2) is 8.42 Å². The smallest absolute Gasteiger partial charge is 0.255 e. The number of carbonyl (C=O) groups is 1. The maximum absolute atomic E-state index is 12.4. The molecule has 0 unspecified atom stereocenters. The molecule has 2 aromatic carbocycles. The molecule has 2 aromatic rings. The molecule has 144 valence electrons. The van der Waals surface area contributed by atoms with E-state index in [2.05, 4.69) is 5.32 Å². The van der Waals surface area contributed by atoms with E-state index in [9.17, 15) is 13.2 Å². The van der Waals surface area contributed by atoms with Crippen molar-refractivity contribution in [1.29, 1.82) is 0 Å². The minimum atomic E-state index is -3.24. The molecule has 5 nitrogen and oxygen atoms in total. The molecule has 1 aliphatic carbocycles. The van der Waals surface area contributed by atoms with Crippen LogP contribution in [0.2, 0.25) is 0 Å². The lowest BCUT2D eigenvalue weighted by atomic mass is 9.98. The van der Waals surface area contributed by atoms with Gasteiger partial charge in [0.25, 0.3) is 5.91 Å². The van der Waals surface area contributed by atoms with Crippen molar-refractivity contribution < 1.29 is 17.9 Å². The largest absolute Gasteiger partial charge is 0.490 e. The Labute approximate surface area is 160 Å². The normalized spacial score (nSPS) is 15.3. The molecule has 0 aromatic heterocycles. The second-order valence-electron chi connectivity index (χ2n) is 6.78. The molecular formula is C21H25NO4S. The molecule has 27 heavy (non-hydrogen) atoms. The zero-order chi connectivity index (χ0) is 19.3. The number of benzene rings is 2. The predicted molar refractivity (Wildman–Crippen MR) is 106 cm³/mol. The summed E-state index contributed by atoms with van der Waals surface area (Å²) < 4.78 is 29.6. The molecule has 1 amide bonds. The molecule has 0 atom stereocenters. The van der Waals surface area contributed by atoms with E-state index in [1.165, 1.54) is 31.4 Å². The molecular weight excluding hydrogens is 362 g/mol. The number of hydrogen-bond acceptors (Lipinski definition) is 4. The Morgan fingerprint density at radius 3 is 2.22 bits per heavy atom. The monoisotopic (exact) mass is 387 g/mol. The van der Waals surface area contributed by atoms with E-state index < -0.39 is 9.84 Å². The number of carbonyl (C=O) groups excluding carboxylic acids is 1. The van der Waals surface area contributed by atoms with Gasteiger partial charge in [-0.1, -0.05) is 13.3 Å². The molecule has 0 radical (unpaired) electrons. The highest BCUT2D eigenvalue weighted by Crippen LogP contribution is 2.24. The summed E-state index contributed by atoms with van der Waals surface area (Å²) >= 11 is 0. The summed E-state index contributed by atoms with van der Waals surface area (Å²) in [6.45, 7) is 1.60. The number of ether oxygens (including phenoxy) is 1. The van der Waals surface area contributed by atoms with Crippen LogP contribution in [0.1, 0.15) is 49.4 Å². The Balaban J connectivity index is 1.60. The van der Waals surface area contributed by atoms with Gasteiger partial charge < -0.3 is 10.1 Å². The average Bonchev–Trinajstić information content (AvgIpc) is 2.70. The summed E-state index contributed by atoms with van der Waals surface area (Å²) in [7, 11) is -3.24. The third-order valence-electron chi connectivity index (χ3n) is 4.82. The highest BCUT2D eigenvalue weighted by molar-refractivity contribution is 7.91. The van der Waals surface area contributed by atoms with Crippen molar-refractivity contribution in [3.05, 3.63) is 54.1 Å². The standard InChI is InChI=1S/C21H25NO4S/c1-2-27(24,25)20-14-10-17(11-15-20)22-21(23)16-8-12-19(13-9-16)26-18-6-4-3-5-7-18/h8-15,18H,2-7H2,1H3,(H,22,23). The molecule has 1 fully saturated rings. The highest BCUT2D eigenvalue weighted by atomic mass is 32.2. The molecule has 1 saturated carbocycles. The van der Waals surface area contributed by atoms with Gasteiger partial charge in [0.2, 0.25) is 0 Å². The first-order valence-electron chi connectivity index (χ1n) is 9.39. The molecule has 0 heterocycles. The number of anilines is 1. The van der Waals surface area contributed by atoms with Gasteiger partial charge in [0.15, 0.2) is 9.84 Å². The van der Waals surface area contributed by atoms with Crippen molar-refractivity contribution in [3.8, 4) is 5.75 Å². The minimum Gasteiger partial charge on any atom is -0.490 e. The van der Waals surface area contributed by atoms with Gasteiger partial charge in [0.05, 0.1) is 16.8 Å². The van der Waals surface area contributed by atoms with Gasteiger partial charge in [0, 0.05) is 11.3 Å². The van der Waals surface area contributed by atoms with Crippen molar-refractivity contribution >= 4 is 21.4 Å². The second-order valence-corrected chi connectivity index (χ2v) is 9.06. The molecule has 6 heteroatoms. The van der Waals surface area contributed by atoms with Crippen LogP contribution in [0.25, 0.3) is 0 Å². The number of amides is 1. The zero-order valence-corrected chi connectivity index (χ0v) is 16.3. The van der Waals surface area contributed by atoms with E-state index in [1.807, 2.05) is 12.1 Å². The van der Waals surface area contributed by atoms with Crippen LogP contribution in [0.5, 0.6) is 5.75 Å². The van der Waals surface area contributed by atoms with Gasteiger partial charge in [0.1, 0.15) is 5.75 Å². The number of sulfone groups is 1. The van der Waals surface area contributed by atoms with Crippen molar-refractivity contribution in [2.75, 3.05) is 11.1 Å². The summed E-state index contributed by atoms with van der Waals surface area (Å²) in [5.74, 6) is 0.589. The van der Waals surface area contributed by atoms with E-state index in [0.717, 1.165) is 18.6 Å². The van der Waals surface area contributed by atoms with Gasteiger partial charge in [-0.3, -0.25) is 4.79 Å². The summed E-state index contributed by atoms with van der Waals surface area (Å²) in [6, 6.07) is 13.3. The summed E-state index contributed by atoms with van der Waals surface area (Å²) in [5.41, 5.74) is 1.08. The third kappa shape index (κ3) is 5.10. The fraction of sp³-hybridized carbons (Fsp3) is 0.381. The van der Waals surface area contributed by atoms with E-state index in [1.54, 1.807) is 31.2 Å². The average molecular weight is 388 g/mol. The van der Waals surface area contributed by atoms with Crippen LogP contribution in [0.4, 0.5) is 5.69 Å².